The number of hydrogen-bond donors (Lipinski definition) is 2. The van der Waals surface area contributed by atoms with Crippen LogP contribution < -0.4 is 11.5 Å². The Morgan fingerprint density at radius 1 is 0.389 bits per heavy atom. The molecule has 0 amide bonds. The number of benzene rings is 6. The van der Waals surface area contributed by atoms with Crippen LogP contribution in [0.15, 0.2) is 133 Å². The monoisotopic (exact) mass is 462 g/mol. The van der Waals surface area contributed by atoms with Crippen LogP contribution in [0.2, 0.25) is 0 Å². The molecule has 0 aliphatic heterocycles. The molecule has 172 valence electrons. The van der Waals surface area contributed by atoms with Gasteiger partial charge < -0.3 is 11.5 Å². The number of hydrogen-bond acceptors (Lipinski definition) is 2. The summed E-state index contributed by atoms with van der Waals surface area (Å²) in [5, 5.41) is 2.37. The largest absolute Gasteiger partial charge is 0.399 e. The summed E-state index contributed by atoms with van der Waals surface area (Å²) in [6.07, 6.45) is 0. The van der Waals surface area contributed by atoms with Crippen LogP contribution in [0.5, 0.6) is 0 Å². The van der Waals surface area contributed by atoms with Crippen molar-refractivity contribution < 1.29 is 0 Å². The zero-order valence-corrected chi connectivity index (χ0v) is 19.9. The first-order chi connectivity index (χ1) is 17.7. The quantitative estimate of drug-likeness (QED) is 0.257. The summed E-state index contributed by atoms with van der Waals surface area (Å²) in [7, 11) is 0. The van der Waals surface area contributed by atoms with Crippen molar-refractivity contribution in [2.45, 2.75) is 0 Å². The molecule has 6 aromatic carbocycles. The van der Waals surface area contributed by atoms with Crippen molar-refractivity contribution in [3.05, 3.63) is 133 Å². The zero-order valence-electron chi connectivity index (χ0n) is 19.9. The van der Waals surface area contributed by atoms with E-state index in [-0.39, 0.29) is 0 Å². The van der Waals surface area contributed by atoms with Gasteiger partial charge in [-0.3, -0.25) is 0 Å². The molecule has 0 heterocycles. The van der Waals surface area contributed by atoms with Gasteiger partial charge in [-0.25, -0.2) is 0 Å². The molecule has 0 saturated heterocycles. The van der Waals surface area contributed by atoms with Gasteiger partial charge in [-0.2, -0.15) is 0 Å². The molecule has 0 radical (unpaired) electrons. The van der Waals surface area contributed by atoms with Gasteiger partial charge in [-0.05, 0) is 62.4 Å². The molecule has 0 saturated carbocycles. The van der Waals surface area contributed by atoms with Gasteiger partial charge in [0, 0.05) is 22.5 Å². The highest BCUT2D eigenvalue weighted by atomic mass is 14.6. The Morgan fingerprint density at radius 2 is 0.972 bits per heavy atom. The number of nitrogens with two attached hydrogens (primary N) is 2. The van der Waals surface area contributed by atoms with E-state index in [1.54, 1.807) is 0 Å². The van der Waals surface area contributed by atoms with Crippen molar-refractivity contribution in [1.29, 1.82) is 0 Å². The summed E-state index contributed by atoms with van der Waals surface area (Å²) in [4.78, 5) is 0. The Balaban J connectivity index is 1.77. The zero-order chi connectivity index (χ0) is 24.5. The van der Waals surface area contributed by atoms with Crippen molar-refractivity contribution in [3.8, 4) is 44.5 Å². The minimum atomic E-state index is 0.744. The third kappa shape index (κ3) is 3.79. The first-order valence-electron chi connectivity index (χ1n) is 12.1. The van der Waals surface area contributed by atoms with Crippen LogP contribution >= 0.6 is 0 Å². The maximum atomic E-state index is 7.13. The second-order valence-corrected chi connectivity index (χ2v) is 9.02. The van der Waals surface area contributed by atoms with E-state index in [0.717, 1.165) is 55.9 Å². The molecule has 6 aromatic rings. The molecule has 0 atom stereocenters. The van der Waals surface area contributed by atoms with Crippen molar-refractivity contribution in [3.63, 3.8) is 0 Å². The van der Waals surface area contributed by atoms with E-state index in [0.29, 0.717) is 0 Å². The average Bonchev–Trinajstić information content (AvgIpc) is 2.94. The Labute approximate surface area is 211 Å². The molecule has 36 heavy (non-hydrogen) atoms. The molecular weight excluding hydrogens is 436 g/mol. The Hall–Kier alpha value is -4.82. The highest BCUT2D eigenvalue weighted by molar-refractivity contribution is 6.08. The first kappa shape index (κ1) is 21.7. The van der Waals surface area contributed by atoms with Gasteiger partial charge in [0.15, 0.2) is 0 Å². The fourth-order valence-electron chi connectivity index (χ4n) is 5.08. The summed E-state index contributed by atoms with van der Waals surface area (Å²) in [6, 6.07) is 46.2. The van der Waals surface area contributed by atoms with E-state index in [1.807, 2.05) is 24.3 Å². The fraction of sp³-hybridized carbons (Fsp3) is 0. The lowest BCUT2D eigenvalue weighted by Gasteiger charge is -2.22. The van der Waals surface area contributed by atoms with Crippen molar-refractivity contribution in [1.82, 2.24) is 0 Å². The third-order valence-corrected chi connectivity index (χ3v) is 6.79. The van der Waals surface area contributed by atoms with E-state index < -0.39 is 0 Å². The molecule has 2 nitrogen and oxygen atoms in total. The molecule has 4 N–H and O–H groups in total. The lowest BCUT2D eigenvalue weighted by Crippen LogP contribution is -2.00. The highest BCUT2D eigenvalue weighted by Crippen LogP contribution is 2.48. The number of nitrogen functional groups attached to an aromatic ring is 2. The van der Waals surface area contributed by atoms with Gasteiger partial charge in [-0.15, -0.1) is 0 Å². The normalized spacial score (nSPS) is 11.0. The van der Waals surface area contributed by atoms with Crippen LogP contribution in [-0.4, -0.2) is 0 Å². The van der Waals surface area contributed by atoms with Crippen molar-refractivity contribution in [2.75, 3.05) is 11.5 Å². The first-order valence-corrected chi connectivity index (χ1v) is 12.1. The van der Waals surface area contributed by atoms with E-state index in [9.17, 15) is 0 Å². The van der Waals surface area contributed by atoms with E-state index >= 15 is 0 Å². The van der Waals surface area contributed by atoms with E-state index in [2.05, 4.69) is 109 Å². The maximum Gasteiger partial charge on any atom is 0.0480 e. The van der Waals surface area contributed by atoms with E-state index in [4.69, 9.17) is 11.5 Å². The average molecular weight is 463 g/mol. The molecule has 0 spiro atoms. The Morgan fingerprint density at radius 3 is 1.67 bits per heavy atom. The van der Waals surface area contributed by atoms with Crippen LogP contribution in [0.1, 0.15) is 0 Å². The van der Waals surface area contributed by atoms with Crippen LogP contribution in [0.25, 0.3) is 55.3 Å². The predicted molar refractivity (Wildman–Crippen MR) is 155 cm³/mol. The fourth-order valence-corrected chi connectivity index (χ4v) is 5.08. The maximum absolute atomic E-state index is 7.13. The molecule has 0 aromatic heterocycles. The second-order valence-electron chi connectivity index (χ2n) is 9.02. The van der Waals surface area contributed by atoms with Gasteiger partial charge in [-0.1, -0.05) is 115 Å². The van der Waals surface area contributed by atoms with Gasteiger partial charge in [0.2, 0.25) is 0 Å². The lowest BCUT2D eigenvalue weighted by molar-refractivity contribution is 1.54. The van der Waals surface area contributed by atoms with Crippen LogP contribution in [0.3, 0.4) is 0 Å². The topological polar surface area (TPSA) is 52.0 Å². The van der Waals surface area contributed by atoms with Crippen molar-refractivity contribution >= 4 is 22.1 Å². The second kappa shape index (κ2) is 9.09. The number of fused-ring (bicyclic) bond motifs is 1. The molecule has 2 heteroatoms. The smallest absolute Gasteiger partial charge is 0.0480 e. The molecular formula is C34H26N2. The van der Waals surface area contributed by atoms with Crippen molar-refractivity contribution in [2.24, 2.45) is 0 Å². The highest BCUT2D eigenvalue weighted by Gasteiger charge is 2.21. The summed E-state index contributed by atoms with van der Waals surface area (Å²) in [5.41, 5.74) is 23.5. The molecule has 0 fully saturated rings. The molecule has 0 unspecified atom stereocenters. The number of rotatable bonds is 4. The van der Waals surface area contributed by atoms with Crippen LogP contribution in [0.4, 0.5) is 11.4 Å². The van der Waals surface area contributed by atoms with Gasteiger partial charge in [0.25, 0.3) is 0 Å². The van der Waals surface area contributed by atoms with Gasteiger partial charge in [0.05, 0.1) is 0 Å². The van der Waals surface area contributed by atoms with E-state index in [1.165, 1.54) is 10.8 Å². The Bertz CT molecular complexity index is 1660. The number of anilines is 2. The summed E-state index contributed by atoms with van der Waals surface area (Å²) in [6.45, 7) is 0. The minimum absolute atomic E-state index is 0.744. The molecule has 0 bridgehead atoms. The van der Waals surface area contributed by atoms with Gasteiger partial charge >= 0.3 is 0 Å². The van der Waals surface area contributed by atoms with Gasteiger partial charge in [0.1, 0.15) is 0 Å². The van der Waals surface area contributed by atoms with Crippen LogP contribution in [-0.2, 0) is 0 Å². The SMILES string of the molecule is Nc1ccc(-c2cc(-c3cccc4ccccc34)c(N)c(-c3ccccc3)c2-c2ccccc2)cc1. The molecule has 0 aliphatic carbocycles. The lowest BCUT2D eigenvalue weighted by atomic mass is 9.82. The Kier molecular flexibility index (Phi) is 5.48. The summed E-state index contributed by atoms with van der Waals surface area (Å²) in [5.74, 6) is 0. The molecule has 6 rings (SSSR count). The summed E-state index contributed by atoms with van der Waals surface area (Å²) < 4.78 is 0. The minimum Gasteiger partial charge on any atom is -0.399 e. The predicted octanol–water partition coefficient (Wildman–Crippen LogP) is 8.67. The third-order valence-electron chi connectivity index (χ3n) is 6.79. The summed E-state index contributed by atoms with van der Waals surface area (Å²) >= 11 is 0. The molecule has 0 aliphatic rings. The standard InChI is InChI=1S/C34H26N2/c35-27-20-18-24(19-21-27)30-22-31(29-17-9-15-23-10-7-8-16-28(23)29)34(36)33(26-13-5-2-6-14-26)32(30)25-11-3-1-4-12-25/h1-22H,35-36H2. The van der Waals surface area contributed by atoms with Crippen LogP contribution in [0, 0.1) is 0 Å².